The van der Waals surface area contributed by atoms with Gasteiger partial charge in [0.05, 0.1) is 12.6 Å². The molecule has 4 nitrogen and oxygen atoms in total. The third kappa shape index (κ3) is 5.95. The van der Waals surface area contributed by atoms with Crippen molar-refractivity contribution in [2.24, 2.45) is 5.73 Å². The molecule has 0 bridgehead atoms. The zero-order chi connectivity index (χ0) is 21.2. The van der Waals surface area contributed by atoms with Gasteiger partial charge in [-0.25, -0.2) is 0 Å². The molecule has 1 unspecified atom stereocenters. The lowest BCUT2D eigenvalue weighted by Gasteiger charge is -2.37. The molecule has 3 aromatic rings. The molecule has 0 aliphatic rings. The summed E-state index contributed by atoms with van der Waals surface area (Å²) in [5, 5.41) is 3.84. The van der Waals surface area contributed by atoms with Crippen LogP contribution in [0, 0.1) is 0 Å². The van der Waals surface area contributed by atoms with E-state index in [4.69, 9.17) is 10.5 Å². The number of nitrogens with two attached hydrogens (primary N) is 1. The molecular weight excluding hydrogens is 408 g/mol. The van der Waals surface area contributed by atoms with E-state index in [1.807, 2.05) is 18.2 Å². The molecule has 3 aromatic carbocycles. The second-order valence-electron chi connectivity index (χ2n) is 7.40. The number of nitrogens with one attached hydrogen (secondary N) is 1. The maximum absolute atomic E-state index is 11.5. The van der Waals surface area contributed by atoms with Gasteiger partial charge < -0.3 is 10.5 Å². The molecule has 3 N–H and O–H groups in total. The Morgan fingerprint density at radius 3 is 1.65 bits per heavy atom. The Balaban J connectivity index is 0.00000341. The number of carbonyl (C=O) groups is 1. The van der Waals surface area contributed by atoms with E-state index in [0.717, 1.165) is 19.4 Å². The number of halogens is 1. The molecule has 5 heteroatoms. The van der Waals surface area contributed by atoms with Crippen LogP contribution in [-0.2, 0) is 15.1 Å². The number of rotatable bonds is 10. The van der Waals surface area contributed by atoms with Gasteiger partial charge in [0.15, 0.2) is 0 Å². The van der Waals surface area contributed by atoms with Crippen LogP contribution in [-0.4, -0.2) is 25.7 Å². The summed E-state index contributed by atoms with van der Waals surface area (Å²) in [6.45, 7) is 0.784. The summed E-state index contributed by atoms with van der Waals surface area (Å²) >= 11 is 0. The Morgan fingerprint density at radius 1 is 0.839 bits per heavy atom. The van der Waals surface area contributed by atoms with Gasteiger partial charge in [0.25, 0.3) is 0 Å². The van der Waals surface area contributed by atoms with Gasteiger partial charge in [-0.3, -0.25) is 10.1 Å². The highest BCUT2D eigenvalue weighted by Gasteiger charge is 2.35. The first-order valence-corrected chi connectivity index (χ1v) is 10.4. The molecule has 0 fully saturated rings. The first kappa shape index (κ1) is 24.6. The molecular formula is C26H31ClN2O2. The fourth-order valence-corrected chi connectivity index (χ4v) is 3.91. The average molecular weight is 439 g/mol. The number of unbranched alkanes of at least 4 members (excludes halogenated alkanes) is 1. The van der Waals surface area contributed by atoms with E-state index in [-0.39, 0.29) is 18.4 Å². The molecule has 0 aliphatic carbocycles. The molecule has 0 saturated carbocycles. The standard InChI is InChI=1S/C26H30N2O2.ClH/c1-30-25(29)24(27)19-11-12-20-28-26(21-13-5-2-6-14-21,22-15-7-3-8-16-22)23-17-9-4-10-18-23;/h2-10,13-18,24,28H,11-12,19-20,27H2,1H3;1H. The summed E-state index contributed by atoms with van der Waals surface area (Å²) < 4.78 is 4.72. The monoisotopic (exact) mass is 438 g/mol. The van der Waals surface area contributed by atoms with E-state index in [9.17, 15) is 4.79 Å². The number of esters is 1. The van der Waals surface area contributed by atoms with E-state index in [2.05, 4.69) is 78.1 Å². The third-order valence-electron chi connectivity index (χ3n) is 5.46. The molecule has 164 valence electrons. The molecule has 1 atom stereocenters. The van der Waals surface area contributed by atoms with Crippen molar-refractivity contribution in [3.63, 3.8) is 0 Å². The van der Waals surface area contributed by atoms with Crippen LogP contribution in [0.1, 0.15) is 36.0 Å². The second kappa shape index (κ2) is 12.3. The summed E-state index contributed by atoms with van der Waals surface area (Å²) in [6, 6.07) is 31.0. The zero-order valence-electron chi connectivity index (χ0n) is 17.9. The maximum Gasteiger partial charge on any atom is 0.322 e. The first-order valence-electron chi connectivity index (χ1n) is 10.4. The van der Waals surface area contributed by atoms with E-state index < -0.39 is 11.6 Å². The van der Waals surface area contributed by atoms with E-state index in [0.29, 0.717) is 6.42 Å². The highest BCUT2D eigenvalue weighted by atomic mass is 35.5. The Morgan fingerprint density at radius 2 is 1.26 bits per heavy atom. The fraction of sp³-hybridized carbons (Fsp3) is 0.269. The van der Waals surface area contributed by atoms with Crippen molar-refractivity contribution in [2.45, 2.75) is 30.8 Å². The van der Waals surface area contributed by atoms with Crippen LogP contribution >= 0.6 is 12.4 Å². The van der Waals surface area contributed by atoms with Crippen LogP contribution in [0.15, 0.2) is 91.0 Å². The summed E-state index contributed by atoms with van der Waals surface area (Å²) in [6.07, 6.45) is 2.36. The van der Waals surface area contributed by atoms with Crippen molar-refractivity contribution in [1.82, 2.24) is 5.32 Å². The van der Waals surface area contributed by atoms with Crippen LogP contribution < -0.4 is 11.1 Å². The van der Waals surface area contributed by atoms with Crippen molar-refractivity contribution in [1.29, 1.82) is 0 Å². The lowest BCUT2D eigenvalue weighted by atomic mass is 9.77. The molecule has 0 aromatic heterocycles. The molecule has 0 aliphatic heterocycles. The summed E-state index contributed by atoms with van der Waals surface area (Å²) in [5.74, 6) is -0.352. The normalized spacial score (nSPS) is 11.9. The van der Waals surface area contributed by atoms with Gasteiger partial charge in [-0.05, 0) is 36.1 Å². The topological polar surface area (TPSA) is 64.3 Å². The second-order valence-corrected chi connectivity index (χ2v) is 7.40. The minimum atomic E-state index is -0.558. The lowest BCUT2D eigenvalue weighted by Crippen LogP contribution is -2.45. The van der Waals surface area contributed by atoms with E-state index in [1.165, 1.54) is 23.8 Å². The summed E-state index contributed by atoms with van der Waals surface area (Å²) in [7, 11) is 1.37. The van der Waals surface area contributed by atoms with Crippen LogP contribution in [0.5, 0.6) is 0 Å². The van der Waals surface area contributed by atoms with Crippen LogP contribution in [0.25, 0.3) is 0 Å². The quantitative estimate of drug-likeness (QED) is 0.274. The Kier molecular flexibility index (Phi) is 9.73. The highest BCUT2D eigenvalue weighted by Crippen LogP contribution is 2.36. The number of carbonyl (C=O) groups excluding carboxylic acids is 1. The largest absolute Gasteiger partial charge is 0.468 e. The number of methoxy groups -OCH3 is 1. The van der Waals surface area contributed by atoms with Gasteiger partial charge in [-0.15, -0.1) is 12.4 Å². The number of benzene rings is 3. The van der Waals surface area contributed by atoms with Crippen molar-refractivity contribution < 1.29 is 9.53 Å². The Bertz CT molecular complexity index is 808. The zero-order valence-corrected chi connectivity index (χ0v) is 18.7. The van der Waals surface area contributed by atoms with Gasteiger partial charge in [-0.1, -0.05) is 97.4 Å². The molecule has 0 amide bonds. The minimum absolute atomic E-state index is 0. The van der Waals surface area contributed by atoms with Crippen LogP contribution in [0.3, 0.4) is 0 Å². The van der Waals surface area contributed by atoms with Gasteiger partial charge in [0, 0.05) is 0 Å². The van der Waals surface area contributed by atoms with Gasteiger partial charge in [-0.2, -0.15) is 0 Å². The van der Waals surface area contributed by atoms with Gasteiger partial charge >= 0.3 is 5.97 Å². The maximum atomic E-state index is 11.5. The lowest BCUT2D eigenvalue weighted by molar-refractivity contribution is -0.142. The molecule has 0 radical (unpaired) electrons. The highest BCUT2D eigenvalue weighted by molar-refractivity contribution is 5.85. The van der Waals surface area contributed by atoms with Crippen molar-refractivity contribution in [3.05, 3.63) is 108 Å². The predicted octanol–water partition coefficient (Wildman–Crippen LogP) is 4.66. The smallest absolute Gasteiger partial charge is 0.322 e. The number of hydrogen-bond donors (Lipinski definition) is 2. The molecule has 0 saturated heterocycles. The van der Waals surface area contributed by atoms with Crippen molar-refractivity contribution >= 4 is 18.4 Å². The molecule has 31 heavy (non-hydrogen) atoms. The predicted molar refractivity (Wildman–Crippen MR) is 128 cm³/mol. The Labute approximate surface area is 191 Å². The molecule has 0 heterocycles. The average Bonchev–Trinajstić information content (AvgIpc) is 2.82. The van der Waals surface area contributed by atoms with E-state index >= 15 is 0 Å². The number of ether oxygens (including phenoxy) is 1. The first-order chi connectivity index (χ1) is 14.7. The van der Waals surface area contributed by atoms with E-state index in [1.54, 1.807) is 0 Å². The Hall–Kier alpha value is -2.66. The number of hydrogen-bond acceptors (Lipinski definition) is 4. The van der Waals surface area contributed by atoms with Crippen LogP contribution in [0.4, 0.5) is 0 Å². The van der Waals surface area contributed by atoms with Crippen LogP contribution in [0.2, 0.25) is 0 Å². The molecule has 0 spiro atoms. The summed E-state index contributed by atoms with van der Waals surface area (Å²) in [4.78, 5) is 11.5. The molecule has 3 rings (SSSR count). The third-order valence-corrected chi connectivity index (χ3v) is 5.46. The van der Waals surface area contributed by atoms with Crippen molar-refractivity contribution in [2.75, 3.05) is 13.7 Å². The SMILES string of the molecule is COC(=O)C(N)CCCCNC(c1ccccc1)(c1ccccc1)c1ccccc1.Cl. The van der Waals surface area contributed by atoms with Crippen molar-refractivity contribution in [3.8, 4) is 0 Å². The minimum Gasteiger partial charge on any atom is -0.468 e. The fourth-order valence-electron chi connectivity index (χ4n) is 3.91. The van der Waals surface area contributed by atoms with Gasteiger partial charge in [0.1, 0.15) is 6.04 Å². The van der Waals surface area contributed by atoms with Gasteiger partial charge in [0.2, 0.25) is 0 Å². The summed E-state index contributed by atoms with van der Waals surface area (Å²) in [5.41, 5.74) is 8.98.